The van der Waals surface area contributed by atoms with E-state index < -0.39 is 23.7 Å². The molecule has 0 radical (unpaired) electrons. The van der Waals surface area contributed by atoms with Crippen LogP contribution >= 0.6 is 34.8 Å². The van der Waals surface area contributed by atoms with Crippen molar-refractivity contribution >= 4 is 64.4 Å². The molecule has 1 heterocycles. The number of rotatable bonds is 5. The molecule has 0 unspecified atom stereocenters. The van der Waals surface area contributed by atoms with Crippen molar-refractivity contribution < 1.29 is 23.5 Å². The van der Waals surface area contributed by atoms with Crippen molar-refractivity contribution in [2.45, 2.75) is 13.5 Å². The van der Waals surface area contributed by atoms with E-state index in [1.165, 1.54) is 36.4 Å². The lowest BCUT2D eigenvalue weighted by Crippen LogP contribution is -2.54. The molecule has 1 fully saturated rings. The largest absolute Gasteiger partial charge is 0.486 e. The average Bonchev–Trinajstić information content (AvgIpc) is 2.78. The molecule has 4 rings (SSSR count). The van der Waals surface area contributed by atoms with Gasteiger partial charge in [0.05, 0.1) is 15.7 Å². The molecule has 1 aliphatic rings. The summed E-state index contributed by atoms with van der Waals surface area (Å²) in [5.41, 5.74) is 1.57. The zero-order valence-corrected chi connectivity index (χ0v) is 20.3. The maximum atomic E-state index is 13.4. The van der Waals surface area contributed by atoms with Crippen molar-refractivity contribution in [1.29, 1.82) is 0 Å². The first-order valence-electron chi connectivity index (χ1n) is 10.2. The number of nitrogens with zero attached hydrogens (tertiary/aromatic N) is 1. The molecule has 1 saturated heterocycles. The monoisotopic (exact) mass is 532 g/mol. The second-order valence-electron chi connectivity index (χ2n) is 7.62. The Balaban J connectivity index is 1.62. The molecule has 0 atom stereocenters. The molecule has 0 aliphatic carbocycles. The lowest BCUT2D eigenvalue weighted by Gasteiger charge is -2.26. The van der Waals surface area contributed by atoms with E-state index in [0.717, 1.165) is 10.5 Å². The molecule has 0 saturated carbocycles. The number of urea groups is 1. The lowest BCUT2D eigenvalue weighted by molar-refractivity contribution is -0.122. The van der Waals surface area contributed by atoms with Crippen LogP contribution in [0.4, 0.5) is 14.9 Å². The summed E-state index contributed by atoms with van der Waals surface area (Å²) in [4.78, 5) is 38.7. The molecule has 1 aliphatic heterocycles. The molecule has 0 spiro atoms. The molecule has 35 heavy (non-hydrogen) atoms. The van der Waals surface area contributed by atoms with Crippen LogP contribution in [-0.2, 0) is 16.2 Å². The predicted octanol–water partition coefficient (Wildman–Crippen LogP) is 6.34. The number of imide groups is 2. The molecule has 10 heteroatoms. The predicted molar refractivity (Wildman–Crippen MR) is 132 cm³/mol. The maximum Gasteiger partial charge on any atom is 0.335 e. The van der Waals surface area contributed by atoms with Gasteiger partial charge in [0.1, 0.15) is 18.0 Å². The minimum atomic E-state index is -0.894. The van der Waals surface area contributed by atoms with Gasteiger partial charge in [0.15, 0.2) is 5.75 Å². The first kappa shape index (κ1) is 24.7. The van der Waals surface area contributed by atoms with Crippen molar-refractivity contribution in [3.63, 3.8) is 0 Å². The van der Waals surface area contributed by atoms with Crippen LogP contribution in [0, 0.1) is 12.7 Å². The third-order valence-corrected chi connectivity index (χ3v) is 6.09. The number of anilines is 1. The van der Waals surface area contributed by atoms with E-state index in [9.17, 15) is 18.8 Å². The Kier molecular flexibility index (Phi) is 7.12. The van der Waals surface area contributed by atoms with E-state index in [-0.39, 0.29) is 33.7 Å². The smallest absolute Gasteiger partial charge is 0.335 e. The van der Waals surface area contributed by atoms with Crippen molar-refractivity contribution in [3.05, 3.63) is 97.7 Å². The summed E-state index contributed by atoms with van der Waals surface area (Å²) in [6.07, 6.45) is 1.26. The topological polar surface area (TPSA) is 75.7 Å². The minimum Gasteiger partial charge on any atom is -0.486 e. The average molecular weight is 534 g/mol. The van der Waals surface area contributed by atoms with Crippen molar-refractivity contribution in [3.8, 4) is 5.75 Å². The standard InChI is InChI=1S/C25H16Cl3FN2O4/c1-13-5-6-17(11-19(13)26)31-24(33)18(23(32)30-25(31)34)8-15-9-20(27)22(21(28)10-15)35-12-14-3-2-4-16(29)7-14/h2-11H,12H2,1H3,(H,30,32,34)/b18-8-. The van der Waals surface area contributed by atoms with Crippen LogP contribution in [0.15, 0.2) is 60.2 Å². The molecule has 178 valence electrons. The number of carbonyl (C=O) groups excluding carboxylic acids is 3. The molecule has 1 N–H and O–H groups in total. The zero-order chi connectivity index (χ0) is 25.3. The number of benzene rings is 3. The van der Waals surface area contributed by atoms with Crippen LogP contribution in [0.25, 0.3) is 6.08 Å². The van der Waals surface area contributed by atoms with Gasteiger partial charge in [-0.15, -0.1) is 0 Å². The molecular formula is C25H16Cl3FN2O4. The second kappa shape index (κ2) is 10.1. The number of hydrogen-bond donors (Lipinski definition) is 1. The fraction of sp³-hybridized carbons (Fsp3) is 0.0800. The Hall–Kier alpha value is -3.39. The Morgan fingerprint density at radius 2 is 1.69 bits per heavy atom. The van der Waals surface area contributed by atoms with E-state index >= 15 is 0 Å². The van der Waals surface area contributed by atoms with Crippen molar-refractivity contribution in [1.82, 2.24) is 5.32 Å². The number of aryl methyl sites for hydroxylation is 1. The van der Waals surface area contributed by atoms with Crippen LogP contribution in [0.1, 0.15) is 16.7 Å². The van der Waals surface area contributed by atoms with Gasteiger partial charge in [-0.2, -0.15) is 0 Å². The third-order valence-electron chi connectivity index (χ3n) is 5.12. The highest BCUT2D eigenvalue weighted by atomic mass is 35.5. The van der Waals surface area contributed by atoms with Gasteiger partial charge < -0.3 is 4.74 Å². The Morgan fingerprint density at radius 3 is 2.34 bits per heavy atom. The molecule has 0 aromatic heterocycles. The number of ether oxygens (including phenoxy) is 1. The van der Waals surface area contributed by atoms with Crippen molar-refractivity contribution in [2.24, 2.45) is 0 Å². The highest BCUT2D eigenvalue weighted by Gasteiger charge is 2.37. The number of amides is 4. The quantitative estimate of drug-likeness (QED) is 0.307. The number of halogens is 4. The molecule has 3 aromatic carbocycles. The SMILES string of the molecule is Cc1ccc(N2C(=O)NC(=O)/C(=C/c3cc(Cl)c(OCc4cccc(F)c4)c(Cl)c3)C2=O)cc1Cl. The fourth-order valence-corrected chi connectivity index (χ4v) is 4.15. The fourth-order valence-electron chi connectivity index (χ4n) is 3.36. The van der Waals surface area contributed by atoms with E-state index in [0.29, 0.717) is 16.1 Å². The lowest BCUT2D eigenvalue weighted by atomic mass is 10.1. The zero-order valence-electron chi connectivity index (χ0n) is 18.1. The summed E-state index contributed by atoms with van der Waals surface area (Å²) in [6.45, 7) is 1.80. The van der Waals surface area contributed by atoms with Crippen LogP contribution in [0.3, 0.4) is 0 Å². The minimum absolute atomic E-state index is 0.0225. The van der Waals surface area contributed by atoms with Gasteiger partial charge in [-0.3, -0.25) is 14.9 Å². The molecule has 4 amide bonds. The van der Waals surface area contributed by atoms with Gasteiger partial charge in [-0.05, 0) is 66.1 Å². The summed E-state index contributed by atoms with van der Waals surface area (Å²) in [6, 6.07) is 12.5. The summed E-state index contributed by atoms with van der Waals surface area (Å²) in [7, 11) is 0. The molecule has 0 bridgehead atoms. The van der Waals surface area contributed by atoms with Gasteiger partial charge in [-0.25, -0.2) is 14.1 Å². The van der Waals surface area contributed by atoms with Crippen LogP contribution < -0.4 is 15.0 Å². The Bertz CT molecular complexity index is 1380. The summed E-state index contributed by atoms with van der Waals surface area (Å²) >= 11 is 18.8. The Labute approximate surface area is 214 Å². The Morgan fingerprint density at radius 1 is 0.971 bits per heavy atom. The van der Waals surface area contributed by atoms with Crippen LogP contribution in [0.5, 0.6) is 5.75 Å². The van der Waals surface area contributed by atoms with E-state index in [1.54, 1.807) is 31.2 Å². The number of hydrogen-bond acceptors (Lipinski definition) is 4. The van der Waals surface area contributed by atoms with E-state index in [2.05, 4.69) is 5.32 Å². The van der Waals surface area contributed by atoms with Crippen molar-refractivity contribution in [2.75, 3.05) is 4.90 Å². The van der Waals surface area contributed by atoms with Gasteiger partial charge >= 0.3 is 6.03 Å². The second-order valence-corrected chi connectivity index (χ2v) is 8.85. The molecule has 6 nitrogen and oxygen atoms in total. The number of carbonyl (C=O) groups is 3. The normalized spacial score (nSPS) is 14.9. The third kappa shape index (κ3) is 5.32. The maximum absolute atomic E-state index is 13.4. The van der Waals surface area contributed by atoms with Gasteiger partial charge in [-0.1, -0.05) is 53.0 Å². The van der Waals surface area contributed by atoms with Crippen LogP contribution in [-0.4, -0.2) is 17.8 Å². The van der Waals surface area contributed by atoms with Gasteiger partial charge in [0.25, 0.3) is 11.8 Å². The molecule has 3 aromatic rings. The highest BCUT2D eigenvalue weighted by Crippen LogP contribution is 2.36. The van der Waals surface area contributed by atoms with E-state index in [4.69, 9.17) is 39.5 Å². The van der Waals surface area contributed by atoms with Gasteiger partial charge in [0.2, 0.25) is 0 Å². The first-order chi connectivity index (χ1) is 16.6. The molecular weight excluding hydrogens is 518 g/mol. The highest BCUT2D eigenvalue weighted by molar-refractivity contribution is 6.40. The number of barbiturate groups is 1. The summed E-state index contributed by atoms with van der Waals surface area (Å²) in [5.74, 6) is -1.95. The number of nitrogens with one attached hydrogen (secondary N) is 1. The first-order valence-corrected chi connectivity index (χ1v) is 11.3. The summed E-state index contributed by atoms with van der Waals surface area (Å²) in [5, 5.41) is 2.73. The van der Waals surface area contributed by atoms with E-state index in [1.807, 2.05) is 0 Å². The van der Waals surface area contributed by atoms with Gasteiger partial charge in [0, 0.05) is 5.02 Å². The van der Waals surface area contributed by atoms with Crippen LogP contribution in [0.2, 0.25) is 15.1 Å². The summed E-state index contributed by atoms with van der Waals surface area (Å²) < 4.78 is 19.0.